The van der Waals surface area contributed by atoms with E-state index in [-0.39, 0.29) is 19.6 Å². The zero-order valence-electron chi connectivity index (χ0n) is 48.6. The minimum absolute atomic E-state index is 0.0204. The average molecular weight is 1110 g/mol. The number of hydrogen-bond acceptors (Lipinski definition) is 14. The van der Waals surface area contributed by atoms with Gasteiger partial charge in [0.15, 0.2) is 12.6 Å². The maximum absolute atomic E-state index is 13.1. The van der Waals surface area contributed by atoms with E-state index < -0.39 is 86.7 Å². The van der Waals surface area contributed by atoms with E-state index in [0.717, 1.165) is 70.6 Å². The van der Waals surface area contributed by atoms with E-state index >= 15 is 0 Å². The minimum Gasteiger partial charge on any atom is -0.457 e. The third-order valence-corrected chi connectivity index (χ3v) is 14.5. The van der Waals surface area contributed by atoms with Crippen molar-refractivity contribution >= 4 is 5.97 Å². The summed E-state index contributed by atoms with van der Waals surface area (Å²) >= 11 is 0. The molecule has 0 saturated carbocycles. The summed E-state index contributed by atoms with van der Waals surface area (Å²) in [6.45, 7) is 3.45. The molecule has 2 saturated heterocycles. The number of esters is 1. The Morgan fingerprint density at radius 3 is 1.26 bits per heavy atom. The van der Waals surface area contributed by atoms with Crippen molar-refractivity contribution in [3.05, 3.63) is 72.9 Å². The Hall–Kier alpha value is -2.57. The highest BCUT2D eigenvalue weighted by Crippen LogP contribution is 2.27. The van der Waals surface area contributed by atoms with Gasteiger partial charge in [0.25, 0.3) is 0 Å². The molecule has 0 radical (unpaired) electrons. The molecule has 11 unspecified atom stereocenters. The molecule has 0 aliphatic carbocycles. The quantitative estimate of drug-likeness (QED) is 0.0172. The van der Waals surface area contributed by atoms with Gasteiger partial charge < -0.3 is 64.2 Å². The first-order valence-electron chi connectivity index (χ1n) is 31.0. The second-order valence-corrected chi connectivity index (χ2v) is 21.5. The van der Waals surface area contributed by atoms with E-state index in [1.807, 2.05) is 0 Å². The second-order valence-electron chi connectivity index (χ2n) is 21.5. The number of aliphatic hydroxyl groups is 7. The van der Waals surface area contributed by atoms with Crippen LogP contribution in [0.25, 0.3) is 0 Å². The molecule has 0 aromatic rings. The number of ether oxygens (including phenoxy) is 6. The molecule has 2 rings (SSSR count). The van der Waals surface area contributed by atoms with Crippen LogP contribution in [0.15, 0.2) is 72.9 Å². The highest BCUT2D eigenvalue weighted by molar-refractivity contribution is 5.69. The molecule has 0 aromatic carbocycles. The van der Waals surface area contributed by atoms with Crippen LogP contribution in [0.3, 0.4) is 0 Å². The van der Waals surface area contributed by atoms with Crippen LogP contribution < -0.4 is 0 Å². The molecule has 11 atom stereocenters. The molecule has 0 aromatic heterocycles. The summed E-state index contributed by atoms with van der Waals surface area (Å²) in [5, 5.41) is 72.4. The van der Waals surface area contributed by atoms with Crippen LogP contribution in [0.5, 0.6) is 0 Å². The molecule has 0 spiro atoms. The number of carbonyl (C=O) groups is 1. The minimum atomic E-state index is -1.72. The Labute approximate surface area is 472 Å². The van der Waals surface area contributed by atoms with Crippen molar-refractivity contribution in [2.24, 2.45) is 0 Å². The van der Waals surface area contributed by atoms with Gasteiger partial charge in [-0.25, -0.2) is 0 Å². The van der Waals surface area contributed by atoms with Crippen molar-refractivity contribution in [2.75, 3.05) is 33.0 Å². The van der Waals surface area contributed by atoms with Gasteiger partial charge in [-0.3, -0.25) is 4.79 Å². The molecule has 2 aliphatic heterocycles. The molecule has 2 fully saturated rings. The molecule has 2 aliphatic rings. The molecule has 7 N–H and O–H groups in total. The van der Waals surface area contributed by atoms with Gasteiger partial charge in [0.1, 0.15) is 54.9 Å². The van der Waals surface area contributed by atoms with E-state index in [1.165, 1.54) is 128 Å². The number of carbonyl (C=O) groups excluding carboxylic acids is 1. The monoisotopic (exact) mass is 1100 g/mol. The number of aliphatic hydroxyl groups excluding tert-OH is 7. The maximum atomic E-state index is 13.1. The fourth-order valence-electron chi connectivity index (χ4n) is 9.54. The fourth-order valence-corrected chi connectivity index (χ4v) is 9.54. The molecule has 0 bridgehead atoms. The summed E-state index contributed by atoms with van der Waals surface area (Å²) < 4.78 is 34.4. The van der Waals surface area contributed by atoms with Crippen molar-refractivity contribution < 1.29 is 69.0 Å². The number of hydrogen-bond donors (Lipinski definition) is 7. The highest BCUT2D eigenvalue weighted by atomic mass is 16.7. The van der Waals surface area contributed by atoms with E-state index in [1.54, 1.807) is 0 Å². The second kappa shape index (κ2) is 50.2. The Morgan fingerprint density at radius 1 is 0.436 bits per heavy atom. The molecule has 78 heavy (non-hydrogen) atoms. The zero-order chi connectivity index (χ0) is 56.5. The molecule has 0 amide bonds. The third kappa shape index (κ3) is 36.0. The summed E-state index contributed by atoms with van der Waals surface area (Å²) in [5.74, 6) is -0.393. The van der Waals surface area contributed by atoms with Crippen LogP contribution >= 0.6 is 0 Å². The first-order valence-corrected chi connectivity index (χ1v) is 31.0. The van der Waals surface area contributed by atoms with Gasteiger partial charge in [0.05, 0.1) is 26.4 Å². The lowest BCUT2D eigenvalue weighted by Gasteiger charge is -2.42. The summed E-state index contributed by atoms with van der Waals surface area (Å²) in [6.07, 6.45) is 48.4. The van der Waals surface area contributed by atoms with Crippen LogP contribution in [0.2, 0.25) is 0 Å². The molecule has 452 valence electrons. The molecular formula is C64H112O14. The summed E-state index contributed by atoms with van der Waals surface area (Å²) in [7, 11) is 0. The molecule has 14 heteroatoms. The predicted octanol–water partition coefficient (Wildman–Crippen LogP) is 11.8. The first-order chi connectivity index (χ1) is 38.1. The Kier molecular flexibility index (Phi) is 46.0. The Morgan fingerprint density at radius 2 is 0.821 bits per heavy atom. The lowest BCUT2D eigenvalue weighted by molar-refractivity contribution is -0.332. The van der Waals surface area contributed by atoms with E-state index in [4.69, 9.17) is 28.4 Å². The smallest absolute Gasteiger partial charge is 0.306 e. The van der Waals surface area contributed by atoms with Gasteiger partial charge in [0.2, 0.25) is 0 Å². The average Bonchev–Trinajstić information content (AvgIpc) is 3.45. The van der Waals surface area contributed by atoms with Gasteiger partial charge >= 0.3 is 5.97 Å². The topological polar surface area (TPSA) is 214 Å². The predicted molar refractivity (Wildman–Crippen MR) is 312 cm³/mol. The van der Waals surface area contributed by atoms with Gasteiger partial charge in [-0.15, -0.1) is 0 Å². The van der Waals surface area contributed by atoms with Crippen molar-refractivity contribution in [3.8, 4) is 0 Å². The lowest BCUT2D eigenvalue weighted by atomic mass is 9.98. The molecular weight excluding hydrogens is 993 g/mol. The van der Waals surface area contributed by atoms with Crippen molar-refractivity contribution in [1.29, 1.82) is 0 Å². The van der Waals surface area contributed by atoms with Crippen molar-refractivity contribution in [2.45, 2.75) is 293 Å². The van der Waals surface area contributed by atoms with E-state index in [2.05, 4.69) is 86.8 Å². The maximum Gasteiger partial charge on any atom is 0.306 e. The van der Waals surface area contributed by atoms with Gasteiger partial charge in [-0.2, -0.15) is 0 Å². The zero-order valence-corrected chi connectivity index (χ0v) is 48.6. The van der Waals surface area contributed by atoms with Crippen LogP contribution in [-0.4, -0.2) is 142 Å². The molecule has 14 nitrogen and oxygen atoms in total. The Balaban J connectivity index is 1.71. The lowest BCUT2D eigenvalue weighted by Crippen LogP contribution is -2.61. The number of allylic oxidation sites excluding steroid dienone is 12. The standard InChI is InChI=1S/C64H112O14/c1-3-5-7-9-11-13-15-17-19-21-23-25-26-27-28-29-31-33-35-37-39-41-43-45-47-56(66)76-53(50-73-48-46-44-42-40-38-36-34-32-30-24-22-20-18-16-14-12-10-8-6-4-2)51-74-63-62(72)60(70)58(68)55(78-63)52-75-64-61(71)59(69)57(67)54(49-65)77-64/h6,8,12,14,18,20,24,30,34,36,40,42,53-55,57-65,67-72H,3-5,7,9-11,13,15-17,19,21-23,25-29,31-33,35,37-39,41,43-52H2,1-2H3/b8-6-,14-12-,20-18-,30-24-,36-34-,42-40-. The number of unbranched alkanes of at least 4 members (excludes halogenated alkanes) is 24. The first kappa shape index (κ1) is 71.5. The van der Waals surface area contributed by atoms with Crippen LogP contribution in [-0.2, 0) is 33.2 Å². The molecule has 2 heterocycles. The van der Waals surface area contributed by atoms with Crippen LogP contribution in [0.4, 0.5) is 0 Å². The van der Waals surface area contributed by atoms with Crippen LogP contribution in [0.1, 0.15) is 226 Å². The van der Waals surface area contributed by atoms with E-state index in [9.17, 15) is 40.5 Å². The van der Waals surface area contributed by atoms with Gasteiger partial charge in [-0.1, -0.05) is 234 Å². The summed E-state index contributed by atoms with van der Waals surface area (Å²) in [4.78, 5) is 13.1. The fraction of sp³-hybridized carbons (Fsp3) is 0.797. The van der Waals surface area contributed by atoms with Crippen LogP contribution in [0, 0.1) is 0 Å². The largest absolute Gasteiger partial charge is 0.457 e. The highest BCUT2D eigenvalue weighted by Gasteiger charge is 2.47. The van der Waals surface area contributed by atoms with Gasteiger partial charge in [-0.05, 0) is 57.8 Å². The van der Waals surface area contributed by atoms with Gasteiger partial charge in [0, 0.05) is 13.0 Å². The summed E-state index contributed by atoms with van der Waals surface area (Å²) in [5.41, 5.74) is 0. The number of rotatable bonds is 50. The summed E-state index contributed by atoms with van der Waals surface area (Å²) in [6, 6.07) is 0. The third-order valence-electron chi connectivity index (χ3n) is 14.5. The van der Waals surface area contributed by atoms with E-state index in [0.29, 0.717) is 13.0 Å². The van der Waals surface area contributed by atoms with Crippen molar-refractivity contribution in [1.82, 2.24) is 0 Å². The SMILES string of the molecule is CC/C=C\C/C=C\C/C=C\C/C=C\C/C=C\C/C=C\CCCOCC(COC1OC(COC2OC(CO)C(O)C(O)C2O)C(O)C(O)C1O)OC(=O)CCCCCCCCCCCCCCCCCCCCCCCCCC. The Bertz CT molecular complexity index is 1560. The van der Waals surface area contributed by atoms with Crippen molar-refractivity contribution in [3.63, 3.8) is 0 Å². The normalized spacial score (nSPS) is 24.6.